The third-order valence-electron chi connectivity index (χ3n) is 3.70. The van der Waals surface area contributed by atoms with Gasteiger partial charge in [0.1, 0.15) is 7.11 Å². The lowest BCUT2D eigenvalue weighted by Gasteiger charge is -2.09. The van der Waals surface area contributed by atoms with Crippen LogP contribution in [0.1, 0.15) is 17.6 Å². The Balaban J connectivity index is 2.03. The van der Waals surface area contributed by atoms with Gasteiger partial charge in [-0.25, -0.2) is 0 Å². The Kier molecular flexibility index (Phi) is 4.52. The second-order valence-corrected chi connectivity index (χ2v) is 5.19. The van der Waals surface area contributed by atoms with Gasteiger partial charge in [0.05, 0.1) is 11.2 Å². The maximum Gasteiger partial charge on any atom is 0.231 e. The van der Waals surface area contributed by atoms with Gasteiger partial charge in [0.25, 0.3) is 0 Å². The Bertz CT molecular complexity index is 835. The molecule has 1 heterocycles. The predicted molar refractivity (Wildman–Crippen MR) is 92.7 cm³/mol. The number of benzene rings is 2. The second-order valence-electron chi connectivity index (χ2n) is 5.19. The molecule has 23 heavy (non-hydrogen) atoms. The van der Waals surface area contributed by atoms with E-state index in [2.05, 4.69) is 16.1 Å². The molecule has 4 nitrogen and oxygen atoms in total. The number of hydrogen-bond donors (Lipinski definition) is 0. The van der Waals surface area contributed by atoms with Crippen LogP contribution in [0.2, 0.25) is 0 Å². The molecule has 0 saturated heterocycles. The minimum atomic E-state index is 0.0487. The summed E-state index contributed by atoms with van der Waals surface area (Å²) in [6.07, 6.45) is 2.55. The van der Waals surface area contributed by atoms with E-state index in [1.807, 2.05) is 54.6 Å². The number of carbonyl (C=O) groups excluding carboxylic acids is 1. The lowest BCUT2D eigenvalue weighted by molar-refractivity contribution is 0.0912. The average molecular weight is 306 g/mol. The summed E-state index contributed by atoms with van der Waals surface area (Å²) < 4.78 is 1.80. The van der Waals surface area contributed by atoms with Gasteiger partial charge >= 0.3 is 0 Å². The van der Waals surface area contributed by atoms with Crippen molar-refractivity contribution in [3.05, 3.63) is 60.7 Å². The molecule has 3 aromatic rings. The van der Waals surface area contributed by atoms with E-state index in [0.717, 1.165) is 22.2 Å². The highest BCUT2D eigenvalue weighted by molar-refractivity contribution is 5.98. The molecule has 116 valence electrons. The zero-order chi connectivity index (χ0) is 16.1. The topological polar surface area (TPSA) is 43.6 Å². The minimum Gasteiger partial charge on any atom is -0.399 e. The predicted octanol–water partition coefficient (Wildman–Crippen LogP) is 4.36. The Labute approximate surface area is 135 Å². The van der Waals surface area contributed by atoms with Crippen molar-refractivity contribution >= 4 is 23.0 Å². The van der Waals surface area contributed by atoms with Crippen molar-refractivity contribution in [3.63, 3.8) is 0 Å². The van der Waals surface area contributed by atoms with E-state index in [1.54, 1.807) is 10.8 Å². The van der Waals surface area contributed by atoms with Crippen LogP contribution in [-0.2, 0) is 4.84 Å². The summed E-state index contributed by atoms with van der Waals surface area (Å²) >= 11 is 0. The van der Waals surface area contributed by atoms with Crippen LogP contribution in [-0.4, -0.2) is 23.8 Å². The molecule has 0 radical (unpaired) electrons. The monoisotopic (exact) mass is 306 g/mol. The van der Waals surface area contributed by atoms with Crippen LogP contribution in [0.5, 0.6) is 0 Å². The molecular weight excluding hydrogens is 288 g/mol. The fourth-order valence-corrected chi connectivity index (χ4v) is 2.67. The van der Waals surface area contributed by atoms with E-state index in [1.165, 1.54) is 7.11 Å². The van der Waals surface area contributed by atoms with Crippen molar-refractivity contribution in [1.29, 1.82) is 0 Å². The molecule has 0 N–H and O–H groups in total. The van der Waals surface area contributed by atoms with E-state index in [-0.39, 0.29) is 5.91 Å². The van der Waals surface area contributed by atoms with Crippen molar-refractivity contribution in [2.75, 3.05) is 7.11 Å². The number of nitrogens with zero attached hydrogens (tertiary/aromatic N) is 2. The molecule has 0 amide bonds. The zero-order valence-electron chi connectivity index (χ0n) is 13.0. The SMILES string of the molecule is CO/N=C/CCC(=O)n1c(-c2ccccc2)cc2ccccc21. The van der Waals surface area contributed by atoms with Crippen molar-refractivity contribution in [2.24, 2.45) is 5.16 Å². The first-order valence-corrected chi connectivity index (χ1v) is 7.55. The van der Waals surface area contributed by atoms with Crippen LogP contribution >= 0.6 is 0 Å². The molecule has 4 heteroatoms. The van der Waals surface area contributed by atoms with Crippen molar-refractivity contribution in [1.82, 2.24) is 4.57 Å². The van der Waals surface area contributed by atoms with Crippen LogP contribution < -0.4 is 0 Å². The van der Waals surface area contributed by atoms with E-state index in [9.17, 15) is 4.79 Å². The van der Waals surface area contributed by atoms with E-state index < -0.39 is 0 Å². The number of hydrogen-bond acceptors (Lipinski definition) is 3. The fourth-order valence-electron chi connectivity index (χ4n) is 2.67. The molecule has 0 atom stereocenters. The molecule has 1 aromatic heterocycles. The van der Waals surface area contributed by atoms with Crippen LogP contribution in [0.3, 0.4) is 0 Å². The largest absolute Gasteiger partial charge is 0.399 e. The Morgan fingerprint density at radius 3 is 2.65 bits per heavy atom. The highest BCUT2D eigenvalue weighted by atomic mass is 16.6. The van der Waals surface area contributed by atoms with Crippen LogP contribution in [0.25, 0.3) is 22.2 Å². The summed E-state index contributed by atoms with van der Waals surface area (Å²) in [6.45, 7) is 0. The number of aromatic nitrogens is 1. The summed E-state index contributed by atoms with van der Waals surface area (Å²) in [5.41, 5.74) is 2.88. The van der Waals surface area contributed by atoms with Gasteiger partial charge in [-0.3, -0.25) is 9.36 Å². The molecule has 2 aromatic carbocycles. The third-order valence-corrected chi connectivity index (χ3v) is 3.70. The summed E-state index contributed by atoms with van der Waals surface area (Å²) in [4.78, 5) is 17.4. The van der Waals surface area contributed by atoms with E-state index in [0.29, 0.717) is 12.8 Å². The molecule has 0 spiro atoms. The number of fused-ring (bicyclic) bond motifs is 1. The molecule has 0 aliphatic carbocycles. The number of carbonyl (C=O) groups is 1. The molecule has 0 fully saturated rings. The third kappa shape index (κ3) is 3.16. The summed E-state index contributed by atoms with van der Waals surface area (Å²) in [5, 5.41) is 4.74. The number of para-hydroxylation sites is 1. The Morgan fingerprint density at radius 2 is 1.87 bits per heavy atom. The second kappa shape index (κ2) is 6.92. The molecule has 0 aliphatic rings. The lowest BCUT2D eigenvalue weighted by Crippen LogP contribution is -2.11. The number of oxime groups is 1. The normalized spacial score (nSPS) is 11.2. The van der Waals surface area contributed by atoms with Crippen molar-refractivity contribution < 1.29 is 9.63 Å². The smallest absolute Gasteiger partial charge is 0.231 e. The summed E-state index contributed by atoms with van der Waals surface area (Å²) in [7, 11) is 1.49. The van der Waals surface area contributed by atoms with Gasteiger partial charge < -0.3 is 4.84 Å². The molecule has 0 bridgehead atoms. The van der Waals surface area contributed by atoms with Crippen LogP contribution in [0, 0.1) is 0 Å². The first kappa shape index (κ1) is 15.0. The fraction of sp³-hybridized carbons (Fsp3) is 0.158. The van der Waals surface area contributed by atoms with Gasteiger partial charge in [-0.15, -0.1) is 0 Å². The molecular formula is C19H18N2O2. The maximum atomic E-state index is 12.7. The highest BCUT2D eigenvalue weighted by Gasteiger charge is 2.15. The highest BCUT2D eigenvalue weighted by Crippen LogP contribution is 2.28. The maximum absolute atomic E-state index is 12.7. The summed E-state index contributed by atoms with van der Waals surface area (Å²) in [6, 6.07) is 20.0. The van der Waals surface area contributed by atoms with Gasteiger partial charge in [0, 0.05) is 18.0 Å². The first-order chi connectivity index (χ1) is 11.3. The molecule has 3 rings (SSSR count). The Morgan fingerprint density at radius 1 is 1.13 bits per heavy atom. The van der Waals surface area contributed by atoms with E-state index in [4.69, 9.17) is 0 Å². The van der Waals surface area contributed by atoms with E-state index >= 15 is 0 Å². The van der Waals surface area contributed by atoms with Gasteiger partial charge in [-0.1, -0.05) is 53.7 Å². The van der Waals surface area contributed by atoms with Crippen LogP contribution in [0.4, 0.5) is 0 Å². The first-order valence-electron chi connectivity index (χ1n) is 7.55. The summed E-state index contributed by atoms with van der Waals surface area (Å²) in [5.74, 6) is 0.0487. The van der Waals surface area contributed by atoms with Gasteiger partial charge in [-0.05, 0) is 24.1 Å². The van der Waals surface area contributed by atoms with Crippen molar-refractivity contribution in [2.45, 2.75) is 12.8 Å². The molecule has 0 unspecified atom stereocenters. The van der Waals surface area contributed by atoms with Crippen molar-refractivity contribution in [3.8, 4) is 11.3 Å². The number of rotatable bonds is 5. The van der Waals surface area contributed by atoms with Crippen LogP contribution in [0.15, 0.2) is 65.8 Å². The van der Waals surface area contributed by atoms with Gasteiger partial charge in [0.15, 0.2) is 0 Å². The lowest BCUT2D eigenvalue weighted by atomic mass is 10.1. The molecule has 0 saturated carbocycles. The molecule has 0 aliphatic heterocycles. The standard InChI is InChI=1S/C19H18N2O2/c1-23-20-13-7-12-19(22)21-17-11-6-5-10-16(17)14-18(21)15-8-3-2-4-9-15/h2-6,8-11,13-14H,7,12H2,1H3/b20-13+. The average Bonchev–Trinajstić information content (AvgIpc) is 2.99. The van der Waals surface area contributed by atoms with Gasteiger partial charge in [0.2, 0.25) is 5.91 Å². The Hall–Kier alpha value is -2.88. The van der Waals surface area contributed by atoms with Gasteiger partial charge in [-0.2, -0.15) is 0 Å². The zero-order valence-corrected chi connectivity index (χ0v) is 13.0. The minimum absolute atomic E-state index is 0.0487. The quantitative estimate of drug-likeness (QED) is 0.519.